The number of carbonyl (C=O) groups excluding carboxylic acids is 2. The number of hydrogen-bond donors (Lipinski definition) is 1. The van der Waals surface area contributed by atoms with Crippen LogP contribution in [0.4, 0.5) is 0 Å². The van der Waals surface area contributed by atoms with Crippen LogP contribution in [-0.2, 0) is 14.3 Å². The summed E-state index contributed by atoms with van der Waals surface area (Å²) in [5.41, 5.74) is 2.38. The van der Waals surface area contributed by atoms with E-state index in [1.54, 1.807) is 35.2 Å². The van der Waals surface area contributed by atoms with Crippen LogP contribution in [-0.4, -0.2) is 42.7 Å². The van der Waals surface area contributed by atoms with Gasteiger partial charge in [-0.05, 0) is 36.8 Å². The summed E-state index contributed by atoms with van der Waals surface area (Å²) >= 11 is 5.42. The summed E-state index contributed by atoms with van der Waals surface area (Å²) in [4.78, 5) is 25.7. The van der Waals surface area contributed by atoms with Crippen LogP contribution in [0.1, 0.15) is 28.9 Å². The summed E-state index contributed by atoms with van der Waals surface area (Å²) in [5.74, 6) is -0.862. The van der Waals surface area contributed by atoms with E-state index < -0.39 is 18.0 Å². The molecular weight excluding hydrogens is 340 g/mol. The van der Waals surface area contributed by atoms with Crippen molar-refractivity contribution in [1.82, 2.24) is 10.2 Å². The van der Waals surface area contributed by atoms with E-state index in [1.165, 1.54) is 14.2 Å². The smallest absolute Gasteiger partial charge is 0.337 e. The van der Waals surface area contributed by atoms with Crippen LogP contribution in [0.2, 0.25) is 0 Å². The van der Waals surface area contributed by atoms with Crippen molar-refractivity contribution in [3.05, 3.63) is 59.3 Å². The number of rotatable bonds is 5. The Morgan fingerprint density at radius 1 is 1.24 bits per heavy atom. The van der Waals surface area contributed by atoms with E-state index in [2.05, 4.69) is 11.9 Å². The molecule has 1 aliphatic rings. The van der Waals surface area contributed by atoms with E-state index in [1.807, 2.05) is 6.92 Å². The van der Waals surface area contributed by atoms with Gasteiger partial charge in [-0.3, -0.25) is 0 Å². The van der Waals surface area contributed by atoms with Crippen LogP contribution in [0.15, 0.2) is 48.2 Å². The highest BCUT2D eigenvalue weighted by atomic mass is 32.1. The van der Waals surface area contributed by atoms with Gasteiger partial charge in [0.05, 0.1) is 31.4 Å². The minimum atomic E-state index is -0.465. The lowest BCUT2D eigenvalue weighted by atomic mass is 9.94. The molecule has 0 bridgehead atoms. The van der Waals surface area contributed by atoms with Crippen molar-refractivity contribution in [3.8, 4) is 0 Å². The maximum atomic E-state index is 12.3. The second-order valence-electron chi connectivity index (χ2n) is 5.39. The Hall–Kier alpha value is -2.67. The number of thiocarbonyl (C=S) groups is 1. The normalized spacial score (nSPS) is 17.0. The second-order valence-corrected chi connectivity index (χ2v) is 5.77. The topological polar surface area (TPSA) is 67.9 Å². The molecule has 1 aliphatic heterocycles. The Balaban J connectivity index is 2.47. The minimum absolute atomic E-state index is 0.421. The lowest BCUT2D eigenvalue weighted by Crippen LogP contribution is -2.47. The van der Waals surface area contributed by atoms with Gasteiger partial charge in [0.1, 0.15) is 0 Å². The van der Waals surface area contributed by atoms with E-state index in [-0.39, 0.29) is 0 Å². The first-order valence-corrected chi connectivity index (χ1v) is 8.01. The molecule has 0 spiro atoms. The molecule has 0 aromatic heterocycles. The minimum Gasteiger partial charge on any atom is -0.466 e. The lowest BCUT2D eigenvalue weighted by molar-refractivity contribution is -0.136. The average Bonchev–Trinajstić information content (AvgIpc) is 2.63. The fourth-order valence-electron chi connectivity index (χ4n) is 2.68. The van der Waals surface area contributed by atoms with Crippen LogP contribution in [0, 0.1) is 0 Å². The monoisotopic (exact) mass is 360 g/mol. The van der Waals surface area contributed by atoms with Crippen molar-refractivity contribution in [1.29, 1.82) is 0 Å². The van der Waals surface area contributed by atoms with Crippen LogP contribution in [0.25, 0.3) is 0 Å². The average molecular weight is 360 g/mol. The SMILES string of the molecule is C=CCN1C(=S)N[C@H](c2ccc(C(=O)OC)cc2)C(C(=O)OC)=C1C. The van der Waals surface area contributed by atoms with Gasteiger partial charge in [0.2, 0.25) is 0 Å². The summed E-state index contributed by atoms with van der Waals surface area (Å²) in [6, 6.07) is 6.34. The zero-order valence-electron chi connectivity index (χ0n) is 14.4. The first-order chi connectivity index (χ1) is 11.9. The van der Waals surface area contributed by atoms with Gasteiger partial charge in [-0.1, -0.05) is 18.2 Å². The van der Waals surface area contributed by atoms with E-state index >= 15 is 0 Å². The molecule has 1 aromatic rings. The van der Waals surface area contributed by atoms with Crippen LogP contribution in [0.5, 0.6) is 0 Å². The molecule has 0 unspecified atom stereocenters. The number of methoxy groups -OCH3 is 2. The molecule has 0 amide bonds. The number of ether oxygens (including phenoxy) is 2. The summed E-state index contributed by atoms with van der Waals surface area (Å²) in [6.07, 6.45) is 1.71. The van der Waals surface area contributed by atoms with Crippen LogP contribution >= 0.6 is 12.2 Å². The summed E-state index contributed by atoms with van der Waals surface area (Å²) in [6.45, 7) is 6.01. The molecule has 1 N–H and O–H groups in total. The fraction of sp³-hybridized carbons (Fsp3) is 0.278. The van der Waals surface area contributed by atoms with Gasteiger partial charge in [-0.2, -0.15) is 0 Å². The Morgan fingerprint density at radius 3 is 2.36 bits per heavy atom. The fourth-order valence-corrected chi connectivity index (χ4v) is 3.01. The maximum absolute atomic E-state index is 12.3. The molecule has 0 saturated heterocycles. The predicted molar refractivity (Wildman–Crippen MR) is 97.9 cm³/mol. The molecule has 1 aromatic carbocycles. The standard InChI is InChI=1S/C18H20N2O4S/c1-5-10-20-11(2)14(17(22)24-4)15(19-18(20)25)12-6-8-13(9-7-12)16(21)23-3/h5-9,15H,1,10H2,2-4H3,(H,19,25)/t15-/m1/s1. The highest BCUT2D eigenvalue weighted by Gasteiger charge is 2.34. The Labute approximate surface area is 152 Å². The van der Waals surface area contributed by atoms with E-state index in [0.29, 0.717) is 28.5 Å². The largest absolute Gasteiger partial charge is 0.466 e. The number of benzene rings is 1. The number of hydrogen-bond acceptors (Lipinski definition) is 5. The Kier molecular flexibility index (Phi) is 5.93. The molecule has 2 rings (SSSR count). The quantitative estimate of drug-likeness (QED) is 0.491. The summed E-state index contributed by atoms with van der Waals surface area (Å²) in [7, 11) is 2.66. The molecular formula is C18H20N2O4S. The van der Waals surface area contributed by atoms with Crippen LogP contribution in [0.3, 0.4) is 0 Å². The number of esters is 2. The molecule has 6 nitrogen and oxygen atoms in total. The number of carbonyl (C=O) groups is 2. The Morgan fingerprint density at radius 2 is 1.84 bits per heavy atom. The third-order valence-corrected chi connectivity index (χ3v) is 4.32. The van der Waals surface area contributed by atoms with Gasteiger partial charge in [-0.15, -0.1) is 6.58 Å². The molecule has 7 heteroatoms. The molecule has 25 heavy (non-hydrogen) atoms. The van der Waals surface area contributed by atoms with Crippen molar-refractivity contribution >= 4 is 29.3 Å². The van der Waals surface area contributed by atoms with Crippen molar-refractivity contribution < 1.29 is 19.1 Å². The first kappa shape index (κ1) is 18.7. The number of nitrogens with zero attached hydrogens (tertiary/aromatic N) is 1. The molecule has 0 radical (unpaired) electrons. The molecule has 0 saturated carbocycles. The van der Waals surface area contributed by atoms with Crippen molar-refractivity contribution in [2.75, 3.05) is 20.8 Å². The van der Waals surface area contributed by atoms with Crippen molar-refractivity contribution in [2.45, 2.75) is 13.0 Å². The number of nitrogens with one attached hydrogen (secondary N) is 1. The molecule has 132 valence electrons. The molecule has 1 heterocycles. The lowest BCUT2D eigenvalue weighted by Gasteiger charge is -2.37. The zero-order valence-corrected chi connectivity index (χ0v) is 15.2. The van der Waals surface area contributed by atoms with E-state index in [0.717, 1.165) is 5.56 Å². The summed E-state index contributed by atoms with van der Waals surface area (Å²) < 4.78 is 9.64. The summed E-state index contributed by atoms with van der Waals surface area (Å²) in [5, 5.41) is 3.65. The van der Waals surface area contributed by atoms with Gasteiger partial charge in [0.15, 0.2) is 5.11 Å². The van der Waals surface area contributed by atoms with E-state index in [9.17, 15) is 9.59 Å². The van der Waals surface area contributed by atoms with Crippen molar-refractivity contribution in [2.24, 2.45) is 0 Å². The zero-order chi connectivity index (χ0) is 18.6. The predicted octanol–water partition coefficient (Wildman–Crippen LogP) is 2.34. The van der Waals surface area contributed by atoms with E-state index in [4.69, 9.17) is 21.7 Å². The van der Waals surface area contributed by atoms with Crippen LogP contribution < -0.4 is 5.32 Å². The van der Waals surface area contributed by atoms with Gasteiger partial charge in [-0.25, -0.2) is 9.59 Å². The third-order valence-electron chi connectivity index (χ3n) is 3.98. The van der Waals surface area contributed by atoms with Crippen molar-refractivity contribution in [3.63, 3.8) is 0 Å². The Bertz CT molecular complexity index is 740. The van der Waals surface area contributed by atoms with Gasteiger partial charge in [0, 0.05) is 12.2 Å². The van der Waals surface area contributed by atoms with Gasteiger partial charge in [0.25, 0.3) is 0 Å². The van der Waals surface area contributed by atoms with Gasteiger partial charge >= 0.3 is 11.9 Å². The maximum Gasteiger partial charge on any atom is 0.337 e. The molecule has 0 fully saturated rings. The first-order valence-electron chi connectivity index (χ1n) is 7.60. The molecule has 0 aliphatic carbocycles. The third kappa shape index (κ3) is 3.71. The highest BCUT2D eigenvalue weighted by Crippen LogP contribution is 2.31. The van der Waals surface area contributed by atoms with Gasteiger partial charge < -0.3 is 19.7 Å². The highest BCUT2D eigenvalue weighted by molar-refractivity contribution is 7.80. The second kappa shape index (κ2) is 7.94. The number of allylic oxidation sites excluding steroid dienone is 1. The molecule has 1 atom stereocenters.